The minimum absolute atomic E-state index is 0.0511. The molecule has 0 aromatic heterocycles. The predicted octanol–water partition coefficient (Wildman–Crippen LogP) is 1.44. The van der Waals surface area contributed by atoms with E-state index in [9.17, 15) is 18.8 Å². The van der Waals surface area contributed by atoms with Crippen molar-refractivity contribution in [2.24, 2.45) is 5.73 Å². The van der Waals surface area contributed by atoms with Crippen molar-refractivity contribution < 1.29 is 23.5 Å². The minimum atomic E-state index is -1.02. The molecule has 2 amide bonds. The molecule has 0 aliphatic carbocycles. The lowest BCUT2D eigenvalue weighted by Gasteiger charge is -2.16. The van der Waals surface area contributed by atoms with Gasteiger partial charge in [0.1, 0.15) is 11.9 Å². The molecule has 0 saturated carbocycles. The molecule has 0 unspecified atom stereocenters. The second-order valence-corrected chi connectivity index (χ2v) is 5.33. The highest BCUT2D eigenvalue weighted by molar-refractivity contribution is 5.99. The number of nitrogens with one attached hydrogen (secondary N) is 1. The zero-order valence-corrected chi connectivity index (χ0v) is 13.5. The molecule has 0 radical (unpaired) electrons. The summed E-state index contributed by atoms with van der Waals surface area (Å²) < 4.78 is 17.9. The number of hydrogen-bond donors (Lipinski definition) is 2. The Labute approximate surface area is 143 Å². The van der Waals surface area contributed by atoms with E-state index in [1.807, 2.05) is 0 Å². The van der Waals surface area contributed by atoms with Gasteiger partial charge in [-0.15, -0.1) is 0 Å². The van der Waals surface area contributed by atoms with Crippen molar-refractivity contribution in [1.29, 1.82) is 0 Å². The van der Waals surface area contributed by atoms with Gasteiger partial charge in [0.2, 0.25) is 5.91 Å². The number of amides is 2. The molecular weight excluding hydrogens is 327 g/mol. The Morgan fingerprint density at radius 2 is 1.80 bits per heavy atom. The quantitative estimate of drug-likeness (QED) is 0.775. The van der Waals surface area contributed by atoms with Gasteiger partial charge in [-0.05, 0) is 35.9 Å². The Morgan fingerprint density at radius 3 is 2.44 bits per heavy atom. The SMILES string of the molecule is COC(=O)c1cccc(C(=O)N[C@@H](Cc2cccc(F)c2)C(N)=O)c1. The summed E-state index contributed by atoms with van der Waals surface area (Å²) in [7, 11) is 1.23. The van der Waals surface area contributed by atoms with Crippen molar-refractivity contribution in [1.82, 2.24) is 5.32 Å². The molecule has 7 heteroatoms. The number of carbonyl (C=O) groups excluding carboxylic acids is 3. The zero-order valence-electron chi connectivity index (χ0n) is 13.5. The first kappa shape index (κ1) is 18.1. The van der Waals surface area contributed by atoms with Gasteiger partial charge in [-0.25, -0.2) is 9.18 Å². The minimum Gasteiger partial charge on any atom is -0.465 e. The van der Waals surface area contributed by atoms with Crippen molar-refractivity contribution in [3.63, 3.8) is 0 Å². The van der Waals surface area contributed by atoms with Crippen LogP contribution in [0.2, 0.25) is 0 Å². The van der Waals surface area contributed by atoms with Crippen LogP contribution in [0.4, 0.5) is 4.39 Å². The summed E-state index contributed by atoms with van der Waals surface area (Å²) in [5.41, 5.74) is 6.23. The van der Waals surface area contributed by atoms with Crippen molar-refractivity contribution >= 4 is 17.8 Å². The molecule has 130 valence electrons. The highest BCUT2D eigenvalue weighted by atomic mass is 19.1. The Bertz CT molecular complexity index is 807. The van der Waals surface area contributed by atoms with Gasteiger partial charge in [-0.3, -0.25) is 9.59 Å². The number of rotatable bonds is 6. The molecule has 0 heterocycles. The molecule has 0 aliphatic heterocycles. The zero-order chi connectivity index (χ0) is 18.4. The van der Waals surface area contributed by atoms with E-state index in [1.165, 1.54) is 49.6 Å². The van der Waals surface area contributed by atoms with Crippen LogP contribution in [0.25, 0.3) is 0 Å². The van der Waals surface area contributed by atoms with Crippen LogP contribution in [-0.4, -0.2) is 30.9 Å². The molecule has 0 aliphatic rings. The van der Waals surface area contributed by atoms with E-state index in [-0.39, 0.29) is 17.5 Å². The number of halogens is 1. The Morgan fingerprint density at radius 1 is 1.12 bits per heavy atom. The number of primary amides is 1. The molecule has 2 rings (SSSR count). The van der Waals surface area contributed by atoms with Gasteiger partial charge in [-0.1, -0.05) is 18.2 Å². The van der Waals surface area contributed by atoms with Crippen LogP contribution in [0.1, 0.15) is 26.3 Å². The fraction of sp³-hybridized carbons (Fsp3) is 0.167. The smallest absolute Gasteiger partial charge is 0.337 e. The summed E-state index contributed by atoms with van der Waals surface area (Å²) >= 11 is 0. The van der Waals surface area contributed by atoms with Gasteiger partial charge >= 0.3 is 5.97 Å². The van der Waals surface area contributed by atoms with Crippen molar-refractivity contribution in [2.45, 2.75) is 12.5 Å². The van der Waals surface area contributed by atoms with E-state index in [4.69, 9.17) is 5.73 Å². The summed E-state index contributed by atoms with van der Waals surface area (Å²) in [6.07, 6.45) is 0.0511. The van der Waals surface area contributed by atoms with Crippen LogP contribution in [0.3, 0.4) is 0 Å². The summed E-state index contributed by atoms with van der Waals surface area (Å²) in [4.78, 5) is 35.5. The van der Waals surface area contributed by atoms with E-state index < -0.39 is 29.6 Å². The third kappa shape index (κ3) is 4.87. The summed E-state index contributed by atoms with van der Waals surface area (Å²) in [5.74, 6) is -2.36. The third-order valence-corrected chi connectivity index (χ3v) is 3.52. The van der Waals surface area contributed by atoms with Crippen molar-refractivity contribution in [3.05, 3.63) is 71.0 Å². The van der Waals surface area contributed by atoms with E-state index in [0.717, 1.165) is 0 Å². The van der Waals surface area contributed by atoms with Crippen LogP contribution >= 0.6 is 0 Å². The first-order valence-corrected chi connectivity index (χ1v) is 7.43. The molecule has 0 bridgehead atoms. The van der Waals surface area contributed by atoms with E-state index in [1.54, 1.807) is 6.07 Å². The number of methoxy groups -OCH3 is 1. The van der Waals surface area contributed by atoms with Crippen LogP contribution in [0, 0.1) is 5.82 Å². The fourth-order valence-electron chi connectivity index (χ4n) is 2.27. The molecule has 6 nitrogen and oxygen atoms in total. The number of nitrogens with two attached hydrogens (primary N) is 1. The van der Waals surface area contributed by atoms with E-state index >= 15 is 0 Å². The maximum absolute atomic E-state index is 13.3. The molecular formula is C18H17FN2O4. The average Bonchev–Trinajstić information content (AvgIpc) is 2.60. The van der Waals surface area contributed by atoms with Gasteiger partial charge in [0, 0.05) is 12.0 Å². The van der Waals surface area contributed by atoms with Crippen LogP contribution in [0.15, 0.2) is 48.5 Å². The molecule has 0 saturated heterocycles. The topological polar surface area (TPSA) is 98.5 Å². The molecule has 0 fully saturated rings. The number of ether oxygens (including phenoxy) is 1. The first-order valence-electron chi connectivity index (χ1n) is 7.43. The van der Waals surface area contributed by atoms with Crippen LogP contribution in [0.5, 0.6) is 0 Å². The van der Waals surface area contributed by atoms with Crippen LogP contribution < -0.4 is 11.1 Å². The summed E-state index contributed by atoms with van der Waals surface area (Å²) in [6.45, 7) is 0. The highest BCUT2D eigenvalue weighted by Gasteiger charge is 2.20. The largest absolute Gasteiger partial charge is 0.465 e. The lowest BCUT2D eigenvalue weighted by Crippen LogP contribution is -2.45. The second-order valence-electron chi connectivity index (χ2n) is 5.33. The van der Waals surface area contributed by atoms with Gasteiger partial charge in [0.15, 0.2) is 0 Å². The van der Waals surface area contributed by atoms with E-state index in [2.05, 4.69) is 10.1 Å². The van der Waals surface area contributed by atoms with Gasteiger partial charge in [0.05, 0.1) is 12.7 Å². The van der Waals surface area contributed by atoms with E-state index in [0.29, 0.717) is 5.56 Å². The number of carbonyl (C=O) groups is 3. The Kier molecular flexibility index (Phi) is 5.84. The Hall–Kier alpha value is -3.22. The first-order chi connectivity index (χ1) is 11.9. The number of benzene rings is 2. The standard InChI is InChI=1S/C18H17FN2O4/c1-25-18(24)13-6-3-5-12(10-13)17(23)21-15(16(20)22)9-11-4-2-7-14(19)8-11/h2-8,10,15H,9H2,1H3,(H2,20,22)(H,21,23)/t15-/m0/s1. The van der Waals surface area contributed by atoms with Crippen molar-refractivity contribution in [2.75, 3.05) is 7.11 Å². The highest BCUT2D eigenvalue weighted by Crippen LogP contribution is 2.09. The maximum Gasteiger partial charge on any atom is 0.337 e. The lowest BCUT2D eigenvalue weighted by molar-refractivity contribution is -0.119. The molecule has 2 aromatic rings. The maximum atomic E-state index is 13.3. The second kappa shape index (κ2) is 8.05. The number of hydrogen-bond acceptors (Lipinski definition) is 4. The lowest BCUT2D eigenvalue weighted by atomic mass is 10.0. The van der Waals surface area contributed by atoms with Crippen molar-refractivity contribution in [3.8, 4) is 0 Å². The number of esters is 1. The van der Waals surface area contributed by atoms with Gasteiger partial charge < -0.3 is 15.8 Å². The molecule has 25 heavy (non-hydrogen) atoms. The summed E-state index contributed by atoms with van der Waals surface area (Å²) in [6, 6.07) is 10.5. The normalized spacial score (nSPS) is 11.4. The van der Waals surface area contributed by atoms with Gasteiger partial charge in [-0.2, -0.15) is 0 Å². The predicted molar refractivity (Wildman–Crippen MR) is 88.3 cm³/mol. The fourth-order valence-corrected chi connectivity index (χ4v) is 2.27. The monoisotopic (exact) mass is 344 g/mol. The molecule has 0 spiro atoms. The van der Waals surface area contributed by atoms with Crippen LogP contribution in [-0.2, 0) is 16.0 Å². The summed E-state index contributed by atoms with van der Waals surface area (Å²) in [5, 5.41) is 2.50. The third-order valence-electron chi connectivity index (χ3n) is 3.52. The molecule has 2 aromatic carbocycles. The molecule has 1 atom stereocenters. The Balaban J connectivity index is 2.15. The average molecular weight is 344 g/mol. The van der Waals surface area contributed by atoms with Gasteiger partial charge in [0.25, 0.3) is 5.91 Å². The molecule has 3 N–H and O–H groups in total.